The van der Waals surface area contributed by atoms with Crippen molar-refractivity contribution in [3.63, 3.8) is 0 Å². The number of carboxylic acid groups (broad SMARTS) is 4. The second-order valence-corrected chi connectivity index (χ2v) is 9.28. The molecule has 0 saturated heterocycles. The Balaban J connectivity index is 2.16. The van der Waals surface area contributed by atoms with Crippen molar-refractivity contribution < 1.29 is 39.6 Å². The molecule has 0 radical (unpaired) electrons. The number of aliphatic carboxylic acids is 4. The van der Waals surface area contributed by atoms with E-state index in [0.717, 1.165) is 0 Å². The lowest BCUT2D eigenvalue weighted by Gasteiger charge is -2.26. The Hall–Kier alpha value is -6.08. The number of nitrogens with one attached hydrogen (secondary N) is 2. The van der Waals surface area contributed by atoms with Crippen LogP contribution in [0.5, 0.6) is 0 Å². The molecular formula is C24H30N12O8. The van der Waals surface area contributed by atoms with E-state index in [1.807, 2.05) is 0 Å². The molecule has 0 aliphatic heterocycles. The highest BCUT2D eigenvalue weighted by atomic mass is 16.4. The van der Waals surface area contributed by atoms with Crippen LogP contribution in [-0.4, -0.2) is 129 Å². The monoisotopic (exact) mass is 614 g/mol. The minimum Gasteiger partial charge on any atom is -0.480 e. The van der Waals surface area contributed by atoms with Gasteiger partial charge in [0.15, 0.2) is 0 Å². The van der Waals surface area contributed by atoms with E-state index >= 15 is 0 Å². The fourth-order valence-electron chi connectivity index (χ4n) is 3.47. The Morgan fingerprint density at radius 3 is 1.27 bits per heavy atom. The molecule has 234 valence electrons. The first-order valence-electron chi connectivity index (χ1n) is 12.6. The zero-order chi connectivity index (χ0) is 32.6. The molecular weight excluding hydrogens is 584 g/mol. The third-order valence-electron chi connectivity index (χ3n) is 5.34. The van der Waals surface area contributed by atoms with Crippen LogP contribution in [-0.2, 0) is 19.2 Å². The van der Waals surface area contributed by atoms with Gasteiger partial charge in [0.2, 0.25) is 35.7 Å². The van der Waals surface area contributed by atoms with E-state index in [1.165, 1.54) is 43.9 Å². The number of hydrogen-bond donors (Lipinski definition) is 6. The van der Waals surface area contributed by atoms with Crippen molar-refractivity contribution in [2.75, 3.05) is 84.6 Å². The van der Waals surface area contributed by atoms with Crippen LogP contribution in [0, 0.1) is 0 Å². The quantitative estimate of drug-likeness (QED) is 0.120. The Kier molecular flexibility index (Phi) is 10.5. The van der Waals surface area contributed by atoms with E-state index in [2.05, 4.69) is 40.5 Å². The Bertz CT molecular complexity index is 1430. The molecule has 2 aromatic heterocycles. The average Bonchev–Trinajstić information content (AvgIpc) is 2.96. The lowest BCUT2D eigenvalue weighted by molar-refractivity contribution is -0.136. The van der Waals surface area contributed by atoms with Crippen LogP contribution in [0.1, 0.15) is 0 Å². The fourth-order valence-corrected chi connectivity index (χ4v) is 3.47. The number of nitrogens with zero attached hydrogens (tertiary/aromatic N) is 10. The van der Waals surface area contributed by atoms with E-state index < -0.39 is 50.1 Å². The molecule has 6 N–H and O–H groups in total. The summed E-state index contributed by atoms with van der Waals surface area (Å²) in [7, 11) is 6.51. The Morgan fingerprint density at radius 2 is 0.955 bits per heavy atom. The molecule has 0 saturated carbocycles. The predicted molar refractivity (Wildman–Crippen MR) is 156 cm³/mol. The highest BCUT2D eigenvalue weighted by molar-refractivity contribution is 5.81. The summed E-state index contributed by atoms with van der Waals surface area (Å²) in [4.78, 5) is 76.9. The molecule has 0 aliphatic rings. The second-order valence-electron chi connectivity index (χ2n) is 9.28. The van der Waals surface area contributed by atoms with Gasteiger partial charge in [-0.15, -0.1) is 0 Å². The smallest absolute Gasteiger partial charge is 0.323 e. The van der Waals surface area contributed by atoms with Crippen molar-refractivity contribution in [3.8, 4) is 0 Å². The number of rotatable bonds is 16. The number of carbonyl (C=O) groups is 4. The molecule has 0 aliphatic carbocycles. The van der Waals surface area contributed by atoms with E-state index in [0.29, 0.717) is 0 Å². The summed E-state index contributed by atoms with van der Waals surface area (Å²) >= 11 is 0. The van der Waals surface area contributed by atoms with Crippen LogP contribution in [0.25, 0.3) is 0 Å². The van der Waals surface area contributed by atoms with Crippen LogP contribution >= 0.6 is 0 Å². The molecule has 1 aromatic carbocycles. The van der Waals surface area contributed by atoms with Crippen LogP contribution in [0.3, 0.4) is 0 Å². The molecule has 20 heteroatoms. The van der Waals surface area contributed by atoms with Gasteiger partial charge in [0, 0.05) is 39.6 Å². The summed E-state index contributed by atoms with van der Waals surface area (Å²) in [6.07, 6.45) is 0. The first-order chi connectivity index (χ1) is 20.7. The molecule has 20 nitrogen and oxygen atoms in total. The van der Waals surface area contributed by atoms with Crippen LogP contribution in [0.15, 0.2) is 24.3 Å². The lowest BCUT2D eigenvalue weighted by atomic mass is 10.2. The third-order valence-corrected chi connectivity index (χ3v) is 5.34. The first-order valence-corrected chi connectivity index (χ1v) is 12.6. The zero-order valence-corrected chi connectivity index (χ0v) is 24.0. The summed E-state index contributed by atoms with van der Waals surface area (Å²) < 4.78 is 0. The highest BCUT2D eigenvalue weighted by Crippen LogP contribution is 2.31. The van der Waals surface area contributed by atoms with Gasteiger partial charge in [0.05, 0.1) is 0 Å². The van der Waals surface area contributed by atoms with Crippen molar-refractivity contribution in [2.45, 2.75) is 0 Å². The Labute approximate surface area is 249 Å². The van der Waals surface area contributed by atoms with Gasteiger partial charge >= 0.3 is 23.9 Å². The molecule has 3 rings (SSSR count). The summed E-state index contributed by atoms with van der Waals surface area (Å²) in [5.74, 6) is -5.19. The molecule has 3 aromatic rings. The predicted octanol–water partition coefficient (Wildman–Crippen LogP) is -0.373. The Morgan fingerprint density at radius 1 is 0.591 bits per heavy atom. The van der Waals surface area contributed by atoms with Gasteiger partial charge in [-0.25, -0.2) is 0 Å². The van der Waals surface area contributed by atoms with Crippen molar-refractivity contribution in [3.05, 3.63) is 24.3 Å². The normalized spacial score (nSPS) is 10.5. The minimum absolute atomic E-state index is 0.102. The fraction of sp³-hybridized carbons (Fsp3) is 0.333. The lowest BCUT2D eigenvalue weighted by Crippen LogP contribution is -2.30. The molecule has 0 spiro atoms. The number of aromatic nitrogens is 6. The van der Waals surface area contributed by atoms with Crippen molar-refractivity contribution in [1.29, 1.82) is 0 Å². The van der Waals surface area contributed by atoms with Crippen molar-refractivity contribution >= 4 is 70.9 Å². The molecule has 44 heavy (non-hydrogen) atoms. The highest BCUT2D eigenvalue weighted by Gasteiger charge is 2.23. The largest absolute Gasteiger partial charge is 0.480 e. The van der Waals surface area contributed by atoms with Gasteiger partial charge in [0.1, 0.15) is 26.2 Å². The number of carboxylic acids is 4. The molecule has 0 amide bonds. The van der Waals surface area contributed by atoms with Crippen molar-refractivity contribution in [1.82, 2.24) is 29.9 Å². The first kappa shape index (κ1) is 32.4. The SMILES string of the molecule is CN(C)c1nc(NCC(=O)O)nc(N(CC(=O)O)c2cccc(N(CC(=O)O)c3nc(NCC(=O)O)nc(N(C)C)n3)c2)n1. The zero-order valence-electron chi connectivity index (χ0n) is 24.0. The number of hydrogen-bond acceptors (Lipinski definition) is 16. The summed E-state index contributed by atoms with van der Waals surface area (Å²) in [5.41, 5.74) is 0.429. The molecule has 0 atom stereocenters. The van der Waals surface area contributed by atoms with Gasteiger partial charge in [0.25, 0.3) is 0 Å². The van der Waals surface area contributed by atoms with Gasteiger partial charge in [-0.2, -0.15) is 29.9 Å². The van der Waals surface area contributed by atoms with E-state index in [-0.39, 0.29) is 47.1 Å². The van der Waals surface area contributed by atoms with E-state index in [9.17, 15) is 29.4 Å². The molecule has 2 heterocycles. The minimum atomic E-state index is -1.26. The second kappa shape index (κ2) is 14.2. The maximum absolute atomic E-state index is 11.9. The summed E-state index contributed by atoms with van der Waals surface area (Å²) in [6, 6.07) is 6.06. The van der Waals surface area contributed by atoms with Gasteiger partial charge in [-0.05, 0) is 18.2 Å². The maximum atomic E-state index is 11.9. The summed E-state index contributed by atoms with van der Waals surface area (Å²) in [6.45, 7) is -2.31. The molecule has 0 fully saturated rings. The van der Waals surface area contributed by atoms with Crippen molar-refractivity contribution in [2.24, 2.45) is 0 Å². The standard InChI is InChI=1S/C24H30N12O8/c1-33(2)21-27-19(25-9-15(37)38)29-23(31-21)35(11-17(41)42)13-6-5-7-14(8-13)36(12-18(43)44)24-30-20(26-10-16(39)40)28-22(32-24)34(3)4/h5-8H,9-12H2,1-4H3,(H,37,38)(H,39,40)(H,41,42)(H,43,44)(H,25,27,29,31)(H,26,28,30,32). The van der Waals surface area contributed by atoms with Crippen LogP contribution in [0.4, 0.5) is 47.1 Å². The van der Waals surface area contributed by atoms with Gasteiger partial charge in [-0.3, -0.25) is 29.0 Å². The maximum Gasteiger partial charge on any atom is 0.323 e. The number of anilines is 8. The molecule has 0 bridgehead atoms. The summed E-state index contributed by atoms with van der Waals surface area (Å²) in [5, 5.41) is 42.7. The topological polar surface area (TPSA) is 264 Å². The van der Waals surface area contributed by atoms with Gasteiger partial charge in [-0.1, -0.05) is 6.07 Å². The van der Waals surface area contributed by atoms with Crippen LogP contribution < -0.4 is 30.2 Å². The molecule has 0 unspecified atom stereocenters. The third kappa shape index (κ3) is 8.96. The van der Waals surface area contributed by atoms with E-state index in [1.54, 1.807) is 28.2 Å². The van der Waals surface area contributed by atoms with E-state index in [4.69, 9.17) is 10.2 Å². The van der Waals surface area contributed by atoms with Gasteiger partial charge < -0.3 is 40.9 Å². The number of benzene rings is 1. The average molecular weight is 615 g/mol. The van der Waals surface area contributed by atoms with Crippen LogP contribution in [0.2, 0.25) is 0 Å².